The summed E-state index contributed by atoms with van der Waals surface area (Å²) in [6, 6.07) is 13.3. The topological polar surface area (TPSA) is 63.3 Å². The summed E-state index contributed by atoms with van der Waals surface area (Å²) in [4.78, 5) is 11.2. The highest BCUT2D eigenvalue weighted by Crippen LogP contribution is 2.52. The number of rotatable bonds is 3. The second-order valence-corrected chi connectivity index (χ2v) is 5.00. The van der Waals surface area contributed by atoms with Crippen molar-refractivity contribution < 1.29 is 9.90 Å². The predicted molar refractivity (Wildman–Crippen MR) is 70.5 cm³/mol. The van der Waals surface area contributed by atoms with Crippen molar-refractivity contribution in [2.24, 2.45) is 5.73 Å². The van der Waals surface area contributed by atoms with Gasteiger partial charge >= 0.3 is 5.97 Å². The Labute approximate surface area is 105 Å². The van der Waals surface area contributed by atoms with Crippen LogP contribution in [0.3, 0.4) is 0 Å². The molecule has 1 saturated carbocycles. The van der Waals surface area contributed by atoms with E-state index >= 15 is 0 Å². The van der Waals surface area contributed by atoms with Crippen molar-refractivity contribution in [3.8, 4) is 0 Å². The molecule has 2 aromatic carbocycles. The van der Waals surface area contributed by atoms with Crippen LogP contribution in [0.2, 0.25) is 0 Å². The summed E-state index contributed by atoms with van der Waals surface area (Å²) in [5.41, 5.74) is 6.59. The standard InChI is InChI=1S/C15H15NO2/c16-13(14(17)18)15(8-9-15)12-7-3-5-10-4-1-2-6-11(10)12/h1-7,13H,8-9,16H2,(H,17,18). The molecule has 3 N–H and O–H groups in total. The lowest BCUT2D eigenvalue weighted by atomic mass is 9.85. The largest absolute Gasteiger partial charge is 0.480 e. The minimum Gasteiger partial charge on any atom is -0.480 e. The van der Waals surface area contributed by atoms with Crippen molar-refractivity contribution in [3.63, 3.8) is 0 Å². The van der Waals surface area contributed by atoms with E-state index in [0.29, 0.717) is 0 Å². The zero-order chi connectivity index (χ0) is 12.8. The van der Waals surface area contributed by atoms with Gasteiger partial charge in [0.15, 0.2) is 0 Å². The Kier molecular flexibility index (Phi) is 2.38. The van der Waals surface area contributed by atoms with E-state index in [4.69, 9.17) is 10.8 Å². The van der Waals surface area contributed by atoms with E-state index in [2.05, 4.69) is 0 Å². The van der Waals surface area contributed by atoms with Crippen LogP contribution < -0.4 is 5.73 Å². The maximum atomic E-state index is 11.2. The second kappa shape index (κ2) is 3.82. The number of carboxylic acids is 1. The van der Waals surface area contributed by atoms with Crippen molar-refractivity contribution in [1.82, 2.24) is 0 Å². The molecule has 18 heavy (non-hydrogen) atoms. The Morgan fingerprint density at radius 2 is 1.83 bits per heavy atom. The van der Waals surface area contributed by atoms with E-state index in [0.717, 1.165) is 29.2 Å². The summed E-state index contributed by atoms with van der Waals surface area (Å²) >= 11 is 0. The van der Waals surface area contributed by atoms with E-state index in [1.165, 1.54) is 0 Å². The Balaban J connectivity index is 2.18. The first-order valence-electron chi connectivity index (χ1n) is 6.12. The van der Waals surface area contributed by atoms with E-state index in [1.54, 1.807) is 0 Å². The monoisotopic (exact) mass is 241 g/mol. The molecule has 3 nitrogen and oxygen atoms in total. The Hall–Kier alpha value is -1.87. The number of benzene rings is 2. The van der Waals surface area contributed by atoms with Crippen molar-refractivity contribution in [2.75, 3.05) is 0 Å². The van der Waals surface area contributed by atoms with Gasteiger partial charge in [-0.05, 0) is 29.2 Å². The Morgan fingerprint density at radius 1 is 1.17 bits per heavy atom. The van der Waals surface area contributed by atoms with E-state index in [-0.39, 0.29) is 5.41 Å². The minimum absolute atomic E-state index is 0.368. The maximum absolute atomic E-state index is 11.2. The molecule has 92 valence electrons. The van der Waals surface area contributed by atoms with Crippen LogP contribution in [0.1, 0.15) is 18.4 Å². The van der Waals surface area contributed by atoms with Gasteiger partial charge in [-0.15, -0.1) is 0 Å². The van der Waals surface area contributed by atoms with Gasteiger partial charge in [0.05, 0.1) is 0 Å². The summed E-state index contributed by atoms with van der Waals surface area (Å²) in [6.07, 6.45) is 1.71. The van der Waals surface area contributed by atoms with Crippen LogP contribution in [0.15, 0.2) is 42.5 Å². The number of carbonyl (C=O) groups is 1. The van der Waals surface area contributed by atoms with Crippen molar-refractivity contribution in [2.45, 2.75) is 24.3 Å². The van der Waals surface area contributed by atoms with Crippen LogP contribution >= 0.6 is 0 Å². The van der Waals surface area contributed by atoms with Gasteiger partial charge in [-0.25, -0.2) is 0 Å². The molecule has 1 aliphatic carbocycles. The molecule has 0 bridgehead atoms. The Morgan fingerprint density at radius 3 is 2.50 bits per heavy atom. The van der Waals surface area contributed by atoms with Crippen molar-refractivity contribution >= 4 is 16.7 Å². The molecule has 1 atom stereocenters. The molecule has 0 spiro atoms. The molecule has 1 unspecified atom stereocenters. The van der Waals surface area contributed by atoms with Crippen LogP contribution in [0.5, 0.6) is 0 Å². The molecule has 0 saturated heterocycles. The highest BCUT2D eigenvalue weighted by Gasteiger charge is 2.52. The first-order valence-corrected chi connectivity index (χ1v) is 6.12. The zero-order valence-electron chi connectivity index (χ0n) is 9.97. The molecule has 1 aliphatic rings. The van der Waals surface area contributed by atoms with Gasteiger partial charge in [-0.1, -0.05) is 42.5 Å². The summed E-state index contributed by atoms with van der Waals surface area (Å²) in [5.74, 6) is -0.916. The normalized spacial score (nSPS) is 18.5. The fourth-order valence-electron chi connectivity index (χ4n) is 2.78. The van der Waals surface area contributed by atoms with Gasteiger partial charge in [-0.2, -0.15) is 0 Å². The molecule has 2 aromatic rings. The van der Waals surface area contributed by atoms with Gasteiger partial charge in [0.1, 0.15) is 6.04 Å². The third-order valence-corrected chi connectivity index (χ3v) is 3.98. The SMILES string of the molecule is NC(C(=O)O)C1(c2cccc3ccccc23)CC1. The lowest BCUT2D eigenvalue weighted by Gasteiger charge is -2.22. The number of nitrogens with two attached hydrogens (primary N) is 1. The summed E-state index contributed by atoms with van der Waals surface area (Å²) in [7, 11) is 0. The van der Waals surface area contributed by atoms with Gasteiger partial charge in [0.2, 0.25) is 0 Å². The van der Waals surface area contributed by atoms with Crippen molar-refractivity contribution in [1.29, 1.82) is 0 Å². The minimum atomic E-state index is -0.916. The number of aliphatic carboxylic acids is 1. The number of hydrogen-bond donors (Lipinski definition) is 2. The molecular weight excluding hydrogens is 226 g/mol. The molecule has 0 aromatic heterocycles. The molecular formula is C15H15NO2. The van der Waals surface area contributed by atoms with Crippen LogP contribution in [0, 0.1) is 0 Å². The second-order valence-electron chi connectivity index (χ2n) is 5.00. The van der Waals surface area contributed by atoms with E-state index < -0.39 is 12.0 Å². The molecule has 1 fully saturated rings. The molecule has 0 amide bonds. The van der Waals surface area contributed by atoms with Crippen molar-refractivity contribution in [3.05, 3.63) is 48.0 Å². The molecule has 0 heterocycles. The van der Waals surface area contributed by atoms with E-state index in [9.17, 15) is 4.79 Å². The van der Waals surface area contributed by atoms with Crippen LogP contribution in [-0.4, -0.2) is 17.1 Å². The number of carboxylic acid groups (broad SMARTS) is 1. The third-order valence-electron chi connectivity index (χ3n) is 3.98. The third kappa shape index (κ3) is 1.51. The fraction of sp³-hybridized carbons (Fsp3) is 0.267. The first-order chi connectivity index (χ1) is 8.65. The lowest BCUT2D eigenvalue weighted by molar-refractivity contribution is -0.139. The fourth-order valence-corrected chi connectivity index (χ4v) is 2.78. The highest BCUT2D eigenvalue weighted by molar-refractivity contribution is 5.89. The predicted octanol–water partition coefficient (Wildman–Crippen LogP) is 2.28. The van der Waals surface area contributed by atoms with Crippen LogP contribution in [-0.2, 0) is 10.2 Å². The van der Waals surface area contributed by atoms with Crippen LogP contribution in [0.4, 0.5) is 0 Å². The van der Waals surface area contributed by atoms with Crippen LogP contribution in [0.25, 0.3) is 10.8 Å². The first kappa shape index (κ1) is 11.2. The molecule has 0 aliphatic heterocycles. The van der Waals surface area contributed by atoms with Gasteiger partial charge < -0.3 is 10.8 Å². The summed E-state index contributed by atoms with van der Waals surface area (Å²) in [6.45, 7) is 0. The average molecular weight is 241 g/mol. The quantitative estimate of drug-likeness (QED) is 0.866. The maximum Gasteiger partial charge on any atom is 0.321 e. The summed E-state index contributed by atoms with van der Waals surface area (Å²) < 4.78 is 0. The molecule has 3 rings (SSSR count). The summed E-state index contributed by atoms with van der Waals surface area (Å²) in [5, 5.41) is 11.4. The molecule has 3 heteroatoms. The zero-order valence-corrected chi connectivity index (χ0v) is 9.97. The van der Waals surface area contributed by atoms with Gasteiger partial charge in [-0.3, -0.25) is 4.79 Å². The molecule has 0 radical (unpaired) electrons. The smallest absolute Gasteiger partial charge is 0.321 e. The number of hydrogen-bond acceptors (Lipinski definition) is 2. The lowest BCUT2D eigenvalue weighted by Crippen LogP contribution is -2.42. The Bertz CT molecular complexity index is 611. The van der Waals surface area contributed by atoms with E-state index in [1.807, 2.05) is 42.5 Å². The highest BCUT2D eigenvalue weighted by atomic mass is 16.4. The average Bonchev–Trinajstić information content (AvgIpc) is 3.18. The van der Waals surface area contributed by atoms with Gasteiger partial charge in [0, 0.05) is 5.41 Å². The van der Waals surface area contributed by atoms with Gasteiger partial charge in [0.25, 0.3) is 0 Å². The number of fused-ring (bicyclic) bond motifs is 1.